The van der Waals surface area contributed by atoms with Crippen molar-refractivity contribution in [1.29, 1.82) is 0 Å². The number of methoxy groups -OCH3 is 2. The van der Waals surface area contributed by atoms with Crippen LogP contribution >= 0.6 is 0 Å². The summed E-state index contributed by atoms with van der Waals surface area (Å²) >= 11 is 0. The van der Waals surface area contributed by atoms with Crippen LogP contribution in [-0.2, 0) is 4.74 Å². The van der Waals surface area contributed by atoms with Crippen LogP contribution in [-0.4, -0.2) is 24.4 Å². The van der Waals surface area contributed by atoms with Crippen LogP contribution in [0.15, 0.2) is 36.4 Å². The quantitative estimate of drug-likeness (QED) is 0.723. The van der Waals surface area contributed by atoms with Crippen LogP contribution in [0.25, 0.3) is 0 Å². The van der Waals surface area contributed by atoms with Crippen molar-refractivity contribution < 1.29 is 24.4 Å². The Hall–Kier alpha value is -2.40. The van der Waals surface area contributed by atoms with Crippen LogP contribution in [0.1, 0.15) is 50.0 Å². The minimum absolute atomic E-state index is 0.108. The van der Waals surface area contributed by atoms with Gasteiger partial charge < -0.3 is 24.4 Å². The Morgan fingerprint density at radius 1 is 0.760 bits per heavy atom. The van der Waals surface area contributed by atoms with Gasteiger partial charge in [0.25, 0.3) is 0 Å². The van der Waals surface area contributed by atoms with E-state index in [1.165, 1.54) is 14.2 Å². The highest BCUT2D eigenvalue weighted by Gasteiger charge is 2.20. The first-order chi connectivity index (χ1) is 12.0. The molecule has 0 radical (unpaired) electrons. The fourth-order valence-corrected chi connectivity index (χ4v) is 2.81. The first-order valence-corrected chi connectivity index (χ1v) is 8.43. The average molecular weight is 346 g/mol. The molecule has 5 nitrogen and oxygen atoms in total. The number of ether oxygens (including phenoxy) is 3. The van der Waals surface area contributed by atoms with Crippen molar-refractivity contribution in [1.82, 2.24) is 0 Å². The molecule has 0 heterocycles. The lowest BCUT2D eigenvalue weighted by Crippen LogP contribution is -2.10. The van der Waals surface area contributed by atoms with Gasteiger partial charge in [-0.15, -0.1) is 0 Å². The summed E-state index contributed by atoms with van der Waals surface area (Å²) in [7, 11) is 3.05. The summed E-state index contributed by atoms with van der Waals surface area (Å²) in [5.41, 5.74) is 1.89. The van der Waals surface area contributed by atoms with Gasteiger partial charge in [0, 0.05) is 0 Å². The molecule has 5 heteroatoms. The Labute approximate surface area is 148 Å². The predicted octanol–water partition coefficient (Wildman–Crippen LogP) is 4.73. The number of hydrogen-bond donors (Lipinski definition) is 2. The van der Waals surface area contributed by atoms with Gasteiger partial charge in [-0.2, -0.15) is 0 Å². The molecule has 2 rings (SSSR count). The number of rotatable bonds is 8. The molecule has 2 aromatic carbocycles. The Bertz CT molecular complexity index is 639. The third kappa shape index (κ3) is 4.37. The van der Waals surface area contributed by atoms with E-state index in [4.69, 9.17) is 14.2 Å². The van der Waals surface area contributed by atoms with Crippen LogP contribution in [0, 0.1) is 0 Å². The van der Waals surface area contributed by atoms with E-state index in [9.17, 15) is 10.2 Å². The minimum atomic E-state index is -0.140. The molecule has 0 spiro atoms. The molecule has 0 aliphatic rings. The second kappa shape index (κ2) is 8.62. The average Bonchev–Trinajstić information content (AvgIpc) is 2.64. The van der Waals surface area contributed by atoms with E-state index in [2.05, 4.69) is 0 Å². The number of benzene rings is 2. The molecule has 136 valence electrons. The normalized spacial score (nSPS) is 13.3. The molecule has 25 heavy (non-hydrogen) atoms. The number of phenolic OH excluding ortho intramolecular Hbond substituents is 2. The van der Waals surface area contributed by atoms with Gasteiger partial charge >= 0.3 is 0 Å². The Morgan fingerprint density at radius 2 is 1.16 bits per heavy atom. The summed E-state index contributed by atoms with van der Waals surface area (Å²) < 4.78 is 16.7. The van der Waals surface area contributed by atoms with E-state index in [-0.39, 0.29) is 23.7 Å². The van der Waals surface area contributed by atoms with Gasteiger partial charge in [0.1, 0.15) is 0 Å². The Balaban J connectivity index is 2.26. The summed E-state index contributed by atoms with van der Waals surface area (Å²) in [6.07, 6.45) is 1.28. The summed E-state index contributed by atoms with van der Waals surface area (Å²) in [6.45, 7) is 4.10. The molecule has 0 aliphatic carbocycles. The van der Waals surface area contributed by atoms with Gasteiger partial charge in [-0.1, -0.05) is 26.0 Å². The number of hydrogen-bond acceptors (Lipinski definition) is 5. The first kappa shape index (κ1) is 18.9. The molecule has 0 aromatic heterocycles. The molecule has 2 aromatic rings. The van der Waals surface area contributed by atoms with Gasteiger partial charge in [-0.3, -0.25) is 0 Å². The van der Waals surface area contributed by atoms with Crippen molar-refractivity contribution in [3.05, 3.63) is 47.5 Å². The largest absolute Gasteiger partial charge is 0.504 e. The lowest BCUT2D eigenvalue weighted by Gasteiger charge is -2.25. The second-order valence-corrected chi connectivity index (χ2v) is 5.79. The SMILES string of the molecule is CCC(OC(CC)c1ccc(O)c(OC)c1)c1ccc(O)c(OC)c1. The standard InChI is InChI=1S/C20H26O5/c1-5-17(13-7-9-15(21)19(11-13)23-3)25-18(6-2)14-8-10-16(22)20(12-14)24-4/h7-12,17-18,21-22H,5-6H2,1-4H3. The fourth-order valence-electron chi connectivity index (χ4n) is 2.81. The smallest absolute Gasteiger partial charge is 0.160 e. The molecule has 0 saturated heterocycles. The summed E-state index contributed by atoms with van der Waals surface area (Å²) in [4.78, 5) is 0. The van der Waals surface area contributed by atoms with Crippen molar-refractivity contribution in [2.75, 3.05) is 14.2 Å². The van der Waals surface area contributed by atoms with E-state index in [0.717, 1.165) is 24.0 Å². The maximum absolute atomic E-state index is 9.78. The highest BCUT2D eigenvalue weighted by molar-refractivity contribution is 5.43. The van der Waals surface area contributed by atoms with Gasteiger partial charge in [-0.05, 0) is 48.2 Å². The molecular weight excluding hydrogens is 320 g/mol. The number of phenols is 2. The molecule has 0 fully saturated rings. The van der Waals surface area contributed by atoms with E-state index < -0.39 is 0 Å². The Morgan fingerprint density at radius 3 is 1.48 bits per heavy atom. The van der Waals surface area contributed by atoms with Gasteiger partial charge in [0.2, 0.25) is 0 Å². The van der Waals surface area contributed by atoms with Crippen molar-refractivity contribution in [2.45, 2.75) is 38.9 Å². The topological polar surface area (TPSA) is 68.2 Å². The third-order valence-corrected chi connectivity index (χ3v) is 4.22. The molecule has 2 N–H and O–H groups in total. The van der Waals surface area contributed by atoms with Crippen LogP contribution in [0.3, 0.4) is 0 Å². The zero-order valence-electron chi connectivity index (χ0n) is 15.2. The molecule has 2 unspecified atom stereocenters. The van der Waals surface area contributed by atoms with E-state index in [0.29, 0.717) is 11.5 Å². The van der Waals surface area contributed by atoms with Gasteiger partial charge in [0.05, 0.1) is 26.4 Å². The predicted molar refractivity (Wildman–Crippen MR) is 96.5 cm³/mol. The summed E-state index contributed by atoms with van der Waals surface area (Å²) in [5.74, 6) is 1.07. The molecule has 0 aliphatic heterocycles. The van der Waals surface area contributed by atoms with Crippen molar-refractivity contribution in [2.24, 2.45) is 0 Å². The molecule has 0 amide bonds. The maximum Gasteiger partial charge on any atom is 0.160 e. The highest BCUT2D eigenvalue weighted by atomic mass is 16.5. The van der Waals surface area contributed by atoms with Crippen molar-refractivity contribution in [3.63, 3.8) is 0 Å². The zero-order valence-corrected chi connectivity index (χ0v) is 15.2. The Kier molecular flexibility index (Phi) is 6.53. The van der Waals surface area contributed by atoms with Crippen molar-refractivity contribution in [3.8, 4) is 23.0 Å². The summed E-state index contributed by atoms with van der Waals surface area (Å²) in [6, 6.07) is 10.5. The highest BCUT2D eigenvalue weighted by Crippen LogP contribution is 2.37. The second-order valence-electron chi connectivity index (χ2n) is 5.79. The lowest BCUT2D eigenvalue weighted by atomic mass is 10.0. The van der Waals surface area contributed by atoms with Crippen molar-refractivity contribution >= 4 is 0 Å². The molecular formula is C20H26O5. The summed E-state index contributed by atoms with van der Waals surface area (Å²) in [5, 5.41) is 19.6. The lowest BCUT2D eigenvalue weighted by molar-refractivity contribution is -0.0194. The monoisotopic (exact) mass is 346 g/mol. The van der Waals surface area contributed by atoms with Crippen LogP contribution in [0.2, 0.25) is 0 Å². The van der Waals surface area contributed by atoms with Crippen LogP contribution < -0.4 is 9.47 Å². The zero-order chi connectivity index (χ0) is 18.4. The van der Waals surface area contributed by atoms with E-state index >= 15 is 0 Å². The molecule has 2 atom stereocenters. The van der Waals surface area contributed by atoms with Crippen LogP contribution in [0.4, 0.5) is 0 Å². The molecule has 0 bridgehead atoms. The van der Waals surface area contributed by atoms with E-state index in [1.807, 2.05) is 26.0 Å². The van der Waals surface area contributed by atoms with Gasteiger partial charge in [0.15, 0.2) is 23.0 Å². The number of aromatic hydroxyl groups is 2. The van der Waals surface area contributed by atoms with E-state index in [1.54, 1.807) is 24.3 Å². The first-order valence-electron chi connectivity index (χ1n) is 8.43. The third-order valence-electron chi connectivity index (χ3n) is 4.22. The van der Waals surface area contributed by atoms with Crippen LogP contribution in [0.5, 0.6) is 23.0 Å². The minimum Gasteiger partial charge on any atom is -0.504 e. The maximum atomic E-state index is 9.78. The fraction of sp³-hybridized carbons (Fsp3) is 0.400. The molecule has 0 saturated carbocycles. The van der Waals surface area contributed by atoms with Gasteiger partial charge in [-0.25, -0.2) is 0 Å².